The zero-order valence-corrected chi connectivity index (χ0v) is 13.3. The fourth-order valence-corrected chi connectivity index (χ4v) is 3.69. The molecule has 21 heavy (non-hydrogen) atoms. The average molecular weight is 308 g/mol. The number of fused-ring (bicyclic) bond motifs is 1. The van der Waals surface area contributed by atoms with Gasteiger partial charge in [0.15, 0.2) is 5.13 Å². The topological polar surface area (TPSA) is 45.4 Å². The summed E-state index contributed by atoms with van der Waals surface area (Å²) in [6.45, 7) is 8.89. The number of thiazole rings is 1. The van der Waals surface area contributed by atoms with Crippen LogP contribution in [0.2, 0.25) is 0 Å². The van der Waals surface area contributed by atoms with Crippen molar-refractivity contribution in [3.63, 3.8) is 0 Å². The van der Waals surface area contributed by atoms with E-state index in [0.29, 0.717) is 0 Å². The minimum absolute atomic E-state index is 0.157. The summed E-state index contributed by atoms with van der Waals surface area (Å²) in [6.07, 6.45) is 0. The molecule has 0 atom stereocenters. The van der Waals surface area contributed by atoms with Gasteiger partial charge in [-0.05, 0) is 26.0 Å². The van der Waals surface area contributed by atoms with Crippen LogP contribution in [0.15, 0.2) is 18.2 Å². The predicted octanol–water partition coefficient (Wildman–Crippen LogP) is 2.29. The first-order valence-electron chi connectivity index (χ1n) is 7.23. The molecule has 1 aromatic carbocycles. The van der Waals surface area contributed by atoms with Gasteiger partial charge >= 0.3 is 0 Å². The van der Waals surface area contributed by atoms with Crippen LogP contribution >= 0.6 is 11.3 Å². The zero-order chi connectivity index (χ0) is 15.0. The molecule has 1 saturated heterocycles. The summed E-state index contributed by atoms with van der Waals surface area (Å²) in [7, 11) is 0. The van der Waals surface area contributed by atoms with E-state index >= 15 is 0 Å². The molecule has 0 amide bonds. The van der Waals surface area contributed by atoms with E-state index in [0.717, 1.165) is 48.1 Å². The van der Waals surface area contributed by atoms with Crippen molar-refractivity contribution in [2.45, 2.75) is 19.4 Å². The Morgan fingerprint density at radius 1 is 1.29 bits per heavy atom. The SMILES string of the molecule is CC(C)(N)CN1CCN(c2nc3cc(F)ccc3s2)CC1. The molecule has 2 aromatic rings. The van der Waals surface area contributed by atoms with Gasteiger partial charge in [-0.1, -0.05) is 11.3 Å². The maximum Gasteiger partial charge on any atom is 0.186 e. The Balaban J connectivity index is 1.68. The Bertz CT molecular complexity index is 626. The summed E-state index contributed by atoms with van der Waals surface area (Å²) in [6, 6.07) is 4.80. The van der Waals surface area contributed by atoms with Crippen molar-refractivity contribution < 1.29 is 4.39 Å². The maximum absolute atomic E-state index is 13.2. The van der Waals surface area contributed by atoms with E-state index in [9.17, 15) is 4.39 Å². The monoisotopic (exact) mass is 308 g/mol. The second-order valence-corrected chi connectivity index (χ2v) is 7.37. The molecule has 0 saturated carbocycles. The maximum atomic E-state index is 13.2. The van der Waals surface area contributed by atoms with Crippen LogP contribution in [0, 0.1) is 5.82 Å². The van der Waals surface area contributed by atoms with Crippen LogP contribution in [0.3, 0.4) is 0 Å². The van der Waals surface area contributed by atoms with Crippen LogP contribution in [0.5, 0.6) is 0 Å². The molecule has 0 spiro atoms. The van der Waals surface area contributed by atoms with Crippen molar-refractivity contribution >= 4 is 26.7 Å². The van der Waals surface area contributed by atoms with Crippen LogP contribution in [0.4, 0.5) is 9.52 Å². The summed E-state index contributed by atoms with van der Waals surface area (Å²) in [4.78, 5) is 9.23. The number of hydrogen-bond donors (Lipinski definition) is 1. The van der Waals surface area contributed by atoms with Gasteiger partial charge in [0.25, 0.3) is 0 Å². The molecule has 0 bridgehead atoms. The van der Waals surface area contributed by atoms with Gasteiger partial charge < -0.3 is 10.6 Å². The lowest BCUT2D eigenvalue weighted by Gasteiger charge is -2.37. The lowest BCUT2D eigenvalue weighted by molar-refractivity contribution is 0.214. The molecule has 2 heterocycles. The van der Waals surface area contributed by atoms with E-state index in [1.165, 1.54) is 12.1 Å². The molecule has 1 fully saturated rings. The van der Waals surface area contributed by atoms with Gasteiger partial charge in [-0.15, -0.1) is 0 Å². The van der Waals surface area contributed by atoms with Crippen molar-refractivity contribution in [3.05, 3.63) is 24.0 Å². The van der Waals surface area contributed by atoms with Crippen LogP contribution < -0.4 is 10.6 Å². The fourth-order valence-electron chi connectivity index (χ4n) is 2.70. The third-order valence-corrected chi connectivity index (χ3v) is 4.71. The third kappa shape index (κ3) is 3.51. The van der Waals surface area contributed by atoms with E-state index in [4.69, 9.17) is 5.73 Å². The van der Waals surface area contributed by atoms with Crippen molar-refractivity contribution in [2.24, 2.45) is 5.73 Å². The zero-order valence-electron chi connectivity index (χ0n) is 12.5. The number of nitrogens with zero attached hydrogens (tertiary/aromatic N) is 3. The second kappa shape index (κ2) is 5.51. The van der Waals surface area contributed by atoms with E-state index in [1.807, 2.05) is 0 Å². The number of piperazine rings is 1. The number of hydrogen-bond acceptors (Lipinski definition) is 5. The average Bonchev–Trinajstić information content (AvgIpc) is 2.80. The quantitative estimate of drug-likeness (QED) is 0.945. The number of benzene rings is 1. The molecule has 0 unspecified atom stereocenters. The Kier molecular flexibility index (Phi) is 3.86. The summed E-state index contributed by atoms with van der Waals surface area (Å²) in [5.74, 6) is -0.227. The molecule has 0 radical (unpaired) electrons. The molecular formula is C15H21FN4S. The van der Waals surface area contributed by atoms with Crippen LogP contribution in [-0.2, 0) is 0 Å². The summed E-state index contributed by atoms with van der Waals surface area (Å²) < 4.78 is 14.3. The molecule has 1 aromatic heterocycles. The van der Waals surface area contributed by atoms with Crippen LogP contribution in [0.25, 0.3) is 10.2 Å². The highest BCUT2D eigenvalue weighted by molar-refractivity contribution is 7.22. The van der Waals surface area contributed by atoms with Crippen LogP contribution in [0.1, 0.15) is 13.8 Å². The van der Waals surface area contributed by atoms with Crippen molar-refractivity contribution in [3.8, 4) is 0 Å². The van der Waals surface area contributed by atoms with E-state index in [1.54, 1.807) is 17.4 Å². The summed E-state index contributed by atoms with van der Waals surface area (Å²) >= 11 is 1.63. The van der Waals surface area contributed by atoms with Gasteiger partial charge in [-0.2, -0.15) is 0 Å². The molecule has 2 N–H and O–H groups in total. The normalized spacial score (nSPS) is 17.6. The number of nitrogens with two attached hydrogens (primary N) is 1. The number of rotatable bonds is 3. The first kappa shape index (κ1) is 14.7. The van der Waals surface area contributed by atoms with E-state index in [2.05, 4.69) is 28.6 Å². The smallest absolute Gasteiger partial charge is 0.186 e. The third-order valence-electron chi connectivity index (χ3n) is 3.61. The Hall–Kier alpha value is -1.24. The van der Waals surface area contributed by atoms with E-state index in [-0.39, 0.29) is 11.4 Å². The van der Waals surface area contributed by atoms with E-state index < -0.39 is 0 Å². The molecular weight excluding hydrogens is 287 g/mol. The number of aromatic nitrogens is 1. The lowest BCUT2D eigenvalue weighted by atomic mass is 10.1. The first-order valence-corrected chi connectivity index (χ1v) is 8.05. The van der Waals surface area contributed by atoms with Gasteiger partial charge in [-0.3, -0.25) is 4.90 Å². The summed E-state index contributed by atoms with van der Waals surface area (Å²) in [5.41, 5.74) is 6.67. The van der Waals surface area contributed by atoms with Gasteiger partial charge in [0.05, 0.1) is 10.2 Å². The highest BCUT2D eigenvalue weighted by atomic mass is 32.1. The molecule has 3 rings (SSSR count). The predicted molar refractivity (Wildman–Crippen MR) is 86.5 cm³/mol. The molecule has 4 nitrogen and oxygen atoms in total. The van der Waals surface area contributed by atoms with Gasteiger partial charge in [0.2, 0.25) is 0 Å². The van der Waals surface area contributed by atoms with Crippen molar-refractivity contribution in [2.75, 3.05) is 37.6 Å². The first-order chi connectivity index (χ1) is 9.90. The van der Waals surface area contributed by atoms with Gasteiger partial charge in [-0.25, -0.2) is 9.37 Å². The summed E-state index contributed by atoms with van der Waals surface area (Å²) in [5, 5.41) is 0.988. The molecule has 1 aliphatic rings. The Morgan fingerprint density at radius 3 is 2.67 bits per heavy atom. The molecule has 1 aliphatic heterocycles. The molecule has 114 valence electrons. The minimum Gasteiger partial charge on any atom is -0.345 e. The standard InChI is InChI=1S/C15H21FN4S/c1-15(2,17)10-19-5-7-20(8-6-19)14-18-12-9-11(16)3-4-13(12)21-14/h3-4,9H,5-8,10,17H2,1-2H3. The van der Waals surface area contributed by atoms with Gasteiger partial charge in [0.1, 0.15) is 5.82 Å². The van der Waals surface area contributed by atoms with Gasteiger partial charge in [0, 0.05) is 44.3 Å². The molecule has 6 heteroatoms. The van der Waals surface area contributed by atoms with Crippen molar-refractivity contribution in [1.82, 2.24) is 9.88 Å². The lowest BCUT2D eigenvalue weighted by Crippen LogP contribution is -2.53. The highest BCUT2D eigenvalue weighted by Gasteiger charge is 2.23. The number of anilines is 1. The Labute approximate surface area is 128 Å². The fraction of sp³-hybridized carbons (Fsp3) is 0.533. The number of halogens is 1. The Morgan fingerprint density at radius 2 is 2.00 bits per heavy atom. The van der Waals surface area contributed by atoms with Crippen LogP contribution in [-0.4, -0.2) is 48.1 Å². The minimum atomic E-state index is -0.227. The second-order valence-electron chi connectivity index (χ2n) is 6.36. The largest absolute Gasteiger partial charge is 0.345 e. The molecule has 0 aliphatic carbocycles. The highest BCUT2D eigenvalue weighted by Crippen LogP contribution is 2.29. The van der Waals surface area contributed by atoms with Crippen molar-refractivity contribution in [1.29, 1.82) is 0 Å².